The van der Waals surface area contributed by atoms with E-state index in [2.05, 4.69) is 31.2 Å². The molecule has 2 aliphatic rings. The van der Waals surface area contributed by atoms with Gasteiger partial charge in [-0.3, -0.25) is 9.78 Å². The third-order valence-electron chi connectivity index (χ3n) is 5.47. The molecule has 30 heavy (non-hydrogen) atoms. The van der Waals surface area contributed by atoms with Crippen molar-refractivity contribution in [2.45, 2.75) is 25.2 Å². The van der Waals surface area contributed by atoms with Crippen LogP contribution in [0.4, 0.5) is 5.69 Å². The van der Waals surface area contributed by atoms with Gasteiger partial charge in [-0.25, -0.2) is 4.98 Å². The molecule has 2 aliphatic heterocycles. The molecule has 0 spiro atoms. The van der Waals surface area contributed by atoms with Gasteiger partial charge >= 0.3 is 0 Å². The highest BCUT2D eigenvalue weighted by molar-refractivity contribution is 5.94. The van der Waals surface area contributed by atoms with Gasteiger partial charge in [-0.1, -0.05) is 0 Å². The van der Waals surface area contributed by atoms with Crippen LogP contribution in [0.3, 0.4) is 0 Å². The number of nitrogens with one attached hydrogen (secondary N) is 1. The first-order valence-corrected chi connectivity index (χ1v) is 10.2. The van der Waals surface area contributed by atoms with E-state index in [1.807, 2.05) is 26.1 Å². The van der Waals surface area contributed by atoms with Crippen LogP contribution in [0.15, 0.2) is 24.5 Å². The van der Waals surface area contributed by atoms with Gasteiger partial charge < -0.3 is 24.6 Å². The van der Waals surface area contributed by atoms with E-state index in [-0.39, 0.29) is 18.1 Å². The molecule has 2 aromatic rings. The summed E-state index contributed by atoms with van der Waals surface area (Å²) < 4.78 is 11.6. The number of hydrogen-bond acceptors (Lipinski definition) is 8. The van der Waals surface area contributed by atoms with Gasteiger partial charge in [0.25, 0.3) is 5.91 Å². The first-order valence-electron chi connectivity index (χ1n) is 10.2. The Hall–Kier alpha value is -2.80. The fourth-order valence-electron chi connectivity index (χ4n) is 4.00. The molecule has 1 N–H and O–H groups in total. The number of carbonyl (C=O) groups excluding carboxylic acids is 1. The van der Waals surface area contributed by atoms with Gasteiger partial charge in [0.2, 0.25) is 0 Å². The topological polar surface area (TPSA) is 104 Å². The summed E-state index contributed by atoms with van der Waals surface area (Å²) >= 11 is 0. The van der Waals surface area contributed by atoms with Crippen LogP contribution >= 0.6 is 0 Å². The minimum atomic E-state index is -0.600. The van der Waals surface area contributed by atoms with Crippen molar-refractivity contribution in [1.82, 2.24) is 20.2 Å². The zero-order chi connectivity index (χ0) is 21.1. The fraction of sp³-hybridized carbons (Fsp3) is 0.524. The Labute approximate surface area is 175 Å². The quantitative estimate of drug-likeness (QED) is 0.779. The highest BCUT2D eigenvalue weighted by Gasteiger charge is 2.32. The molecule has 2 aromatic heterocycles. The molecular weight excluding hydrogens is 384 g/mol. The molecule has 4 rings (SSSR count). The van der Waals surface area contributed by atoms with Crippen LogP contribution in [0.25, 0.3) is 10.9 Å². The molecule has 0 aromatic carbocycles. The zero-order valence-corrected chi connectivity index (χ0v) is 17.2. The van der Waals surface area contributed by atoms with Crippen molar-refractivity contribution in [3.05, 3.63) is 30.2 Å². The maximum Gasteiger partial charge on any atom is 0.251 e. The standard InChI is InChI=1S/C21H26N6O3/c1-14-11-27(18-10-24-17(8-22)20-16(18)4-3-5-23-20)13-19(30-14)21(28)25-9-15-12-26(2)6-7-29-15/h3-5,10,14-15,19H,6-7,9,11-13H2,1-2H3,(H,25,28)/t14-,15+,19-/m1/s1. The number of anilines is 1. The van der Waals surface area contributed by atoms with Crippen LogP contribution in [-0.2, 0) is 14.3 Å². The number of hydrogen-bond donors (Lipinski definition) is 1. The van der Waals surface area contributed by atoms with Gasteiger partial charge in [0.05, 0.1) is 37.2 Å². The number of aromatic nitrogens is 2. The Morgan fingerprint density at radius 3 is 3.03 bits per heavy atom. The predicted octanol–water partition coefficient (Wildman–Crippen LogP) is 0.542. The summed E-state index contributed by atoms with van der Waals surface area (Å²) in [7, 11) is 2.05. The first kappa shape index (κ1) is 20.5. The van der Waals surface area contributed by atoms with Gasteiger partial charge in [-0.15, -0.1) is 0 Å². The Balaban J connectivity index is 1.48. The van der Waals surface area contributed by atoms with E-state index in [9.17, 15) is 10.1 Å². The predicted molar refractivity (Wildman–Crippen MR) is 111 cm³/mol. The van der Waals surface area contributed by atoms with Crippen LogP contribution in [0.2, 0.25) is 0 Å². The van der Waals surface area contributed by atoms with Crippen molar-refractivity contribution in [3.8, 4) is 6.07 Å². The highest BCUT2D eigenvalue weighted by atomic mass is 16.5. The minimum absolute atomic E-state index is 0.0115. The van der Waals surface area contributed by atoms with Gasteiger partial charge in [0, 0.05) is 37.8 Å². The number of carbonyl (C=O) groups is 1. The van der Waals surface area contributed by atoms with Crippen LogP contribution in [0.1, 0.15) is 12.6 Å². The lowest BCUT2D eigenvalue weighted by molar-refractivity contribution is -0.138. The summed E-state index contributed by atoms with van der Waals surface area (Å²) in [6.45, 7) is 5.81. The van der Waals surface area contributed by atoms with Crippen LogP contribution < -0.4 is 10.2 Å². The third-order valence-corrected chi connectivity index (χ3v) is 5.47. The van der Waals surface area contributed by atoms with Gasteiger partial charge in [-0.05, 0) is 26.1 Å². The first-order chi connectivity index (χ1) is 14.5. The number of likely N-dealkylation sites (N-methyl/N-ethyl adjacent to an activating group) is 1. The van der Waals surface area contributed by atoms with Gasteiger partial charge in [0.1, 0.15) is 11.6 Å². The van der Waals surface area contributed by atoms with E-state index < -0.39 is 6.10 Å². The largest absolute Gasteiger partial charge is 0.374 e. The summed E-state index contributed by atoms with van der Waals surface area (Å²) in [5, 5.41) is 13.1. The fourth-order valence-corrected chi connectivity index (χ4v) is 4.00. The number of ether oxygens (including phenoxy) is 2. The second kappa shape index (κ2) is 8.92. The molecule has 0 bridgehead atoms. The summed E-state index contributed by atoms with van der Waals surface area (Å²) in [6.07, 6.45) is 2.59. The molecule has 9 nitrogen and oxygen atoms in total. The van der Waals surface area contributed by atoms with Gasteiger partial charge in [-0.2, -0.15) is 5.26 Å². The summed E-state index contributed by atoms with van der Waals surface area (Å²) in [5.41, 5.74) is 1.71. The number of morpholine rings is 2. The number of amides is 1. The van der Waals surface area contributed by atoms with Crippen molar-refractivity contribution in [2.75, 3.05) is 51.3 Å². The highest BCUT2D eigenvalue weighted by Crippen LogP contribution is 2.28. The van der Waals surface area contributed by atoms with E-state index in [0.29, 0.717) is 37.5 Å². The van der Waals surface area contributed by atoms with Gasteiger partial charge in [0.15, 0.2) is 11.8 Å². The smallest absolute Gasteiger partial charge is 0.251 e. The number of nitrogens with zero attached hydrogens (tertiary/aromatic N) is 5. The lowest BCUT2D eigenvalue weighted by Gasteiger charge is -2.38. The number of fused-ring (bicyclic) bond motifs is 1. The zero-order valence-electron chi connectivity index (χ0n) is 17.2. The average molecular weight is 410 g/mol. The van der Waals surface area contributed by atoms with Crippen LogP contribution in [0.5, 0.6) is 0 Å². The van der Waals surface area contributed by atoms with E-state index in [4.69, 9.17) is 9.47 Å². The molecule has 158 valence electrons. The van der Waals surface area contributed by atoms with Crippen molar-refractivity contribution >= 4 is 22.5 Å². The number of pyridine rings is 2. The van der Waals surface area contributed by atoms with Crippen molar-refractivity contribution in [2.24, 2.45) is 0 Å². The molecule has 4 heterocycles. The third kappa shape index (κ3) is 4.36. The van der Waals surface area contributed by atoms with Crippen LogP contribution in [0, 0.1) is 11.3 Å². The maximum absolute atomic E-state index is 12.8. The van der Waals surface area contributed by atoms with Crippen molar-refractivity contribution in [3.63, 3.8) is 0 Å². The Morgan fingerprint density at radius 2 is 2.23 bits per heavy atom. The maximum atomic E-state index is 12.8. The number of rotatable bonds is 4. The summed E-state index contributed by atoms with van der Waals surface area (Å²) in [4.78, 5) is 25.7. The normalized spacial score (nSPS) is 25.1. The second-order valence-corrected chi connectivity index (χ2v) is 7.84. The lowest BCUT2D eigenvalue weighted by atomic mass is 10.1. The molecule has 0 unspecified atom stereocenters. The molecule has 0 saturated carbocycles. The molecule has 0 radical (unpaired) electrons. The second-order valence-electron chi connectivity index (χ2n) is 7.84. The Kier molecular flexibility index (Phi) is 6.08. The van der Waals surface area contributed by atoms with E-state index in [0.717, 1.165) is 24.2 Å². The van der Waals surface area contributed by atoms with Crippen LogP contribution in [-0.4, -0.2) is 85.5 Å². The molecule has 0 aliphatic carbocycles. The molecular formula is C21H26N6O3. The lowest BCUT2D eigenvalue weighted by Crippen LogP contribution is -2.54. The minimum Gasteiger partial charge on any atom is -0.374 e. The van der Waals surface area contributed by atoms with Crippen molar-refractivity contribution < 1.29 is 14.3 Å². The SMILES string of the molecule is C[C@@H]1CN(c2cnc(C#N)c3ncccc23)C[C@H](C(=O)NC[C@H]2CN(C)CCO2)O1. The van der Waals surface area contributed by atoms with E-state index in [1.165, 1.54) is 0 Å². The monoisotopic (exact) mass is 410 g/mol. The molecule has 2 fully saturated rings. The molecule has 9 heteroatoms. The van der Waals surface area contributed by atoms with Crippen molar-refractivity contribution in [1.29, 1.82) is 5.26 Å². The Morgan fingerprint density at radius 1 is 1.37 bits per heavy atom. The Bertz CT molecular complexity index is 961. The van der Waals surface area contributed by atoms with E-state index in [1.54, 1.807) is 12.4 Å². The number of nitriles is 1. The molecule has 1 amide bonds. The molecule has 2 saturated heterocycles. The summed E-state index contributed by atoms with van der Waals surface area (Å²) in [6, 6.07) is 5.85. The van der Waals surface area contributed by atoms with E-state index >= 15 is 0 Å². The summed E-state index contributed by atoms with van der Waals surface area (Å²) in [5.74, 6) is -0.146. The molecule has 3 atom stereocenters. The average Bonchev–Trinajstić information content (AvgIpc) is 2.76.